The number of piperidine rings is 1. The number of likely N-dealkylation sites (tertiary alicyclic amines) is 1. The van der Waals surface area contributed by atoms with E-state index in [0.717, 1.165) is 63.2 Å². The Labute approximate surface area is 156 Å². The molecule has 1 spiro atoms. The molecule has 3 rings (SSSR count). The van der Waals surface area contributed by atoms with Gasteiger partial charge >= 0.3 is 6.09 Å². The molecule has 2 aliphatic rings. The molecule has 0 N–H and O–H groups in total. The second-order valence-electron chi connectivity index (χ2n) is 8.32. The van der Waals surface area contributed by atoms with Crippen LogP contribution < -0.4 is 0 Å². The lowest BCUT2D eigenvalue weighted by Gasteiger charge is -2.37. The summed E-state index contributed by atoms with van der Waals surface area (Å²) in [7, 11) is 1.98. The van der Waals surface area contributed by atoms with Gasteiger partial charge in [0.25, 0.3) is 0 Å². The van der Waals surface area contributed by atoms with Gasteiger partial charge in [-0.25, -0.2) is 4.79 Å². The van der Waals surface area contributed by atoms with Gasteiger partial charge in [-0.15, -0.1) is 0 Å². The minimum Gasteiger partial charge on any atom is -0.441 e. The summed E-state index contributed by atoms with van der Waals surface area (Å²) in [6, 6.07) is 1.98. The van der Waals surface area contributed by atoms with Crippen LogP contribution in [0.25, 0.3) is 0 Å². The van der Waals surface area contributed by atoms with Crippen LogP contribution >= 0.6 is 0 Å². The number of hydrogen-bond acceptors (Lipinski definition) is 4. The van der Waals surface area contributed by atoms with E-state index >= 15 is 0 Å². The largest absolute Gasteiger partial charge is 0.441 e. The van der Waals surface area contributed by atoms with E-state index in [2.05, 4.69) is 18.7 Å². The number of carbonyl (C=O) groups is 2. The highest BCUT2D eigenvalue weighted by Gasteiger charge is 2.46. The van der Waals surface area contributed by atoms with Crippen molar-refractivity contribution in [1.82, 2.24) is 14.4 Å². The molecule has 1 aromatic rings. The average molecular weight is 361 g/mol. The van der Waals surface area contributed by atoms with E-state index in [1.807, 2.05) is 28.8 Å². The van der Waals surface area contributed by atoms with Crippen LogP contribution in [0, 0.1) is 5.92 Å². The molecule has 1 aromatic heterocycles. The third-order valence-corrected chi connectivity index (χ3v) is 5.68. The third-order valence-electron chi connectivity index (χ3n) is 5.68. The Morgan fingerprint density at radius 1 is 1.31 bits per heavy atom. The number of ketones is 1. The molecule has 0 aromatic carbocycles. The summed E-state index contributed by atoms with van der Waals surface area (Å²) in [6.45, 7) is 10.1. The number of rotatable bonds is 6. The van der Waals surface area contributed by atoms with Crippen LogP contribution in [-0.4, -0.2) is 58.0 Å². The molecule has 1 amide bonds. The van der Waals surface area contributed by atoms with Gasteiger partial charge in [-0.1, -0.05) is 13.8 Å². The van der Waals surface area contributed by atoms with Crippen LogP contribution in [-0.2, 0) is 18.3 Å². The number of Topliss-reactive ketones (excluding diaryl/α,β-unsaturated/α-hetero) is 1. The average Bonchev–Trinajstić information content (AvgIpc) is 3.09. The summed E-state index contributed by atoms with van der Waals surface area (Å²) in [5, 5.41) is 0. The normalized spacial score (nSPS) is 20.2. The van der Waals surface area contributed by atoms with Crippen molar-refractivity contribution in [2.45, 2.75) is 52.2 Å². The van der Waals surface area contributed by atoms with Gasteiger partial charge in [0, 0.05) is 63.5 Å². The number of amides is 1. The van der Waals surface area contributed by atoms with E-state index in [1.165, 1.54) is 0 Å². The monoisotopic (exact) mass is 361 g/mol. The number of ether oxygens (including phenoxy) is 1. The highest BCUT2D eigenvalue weighted by atomic mass is 16.6. The molecule has 2 fully saturated rings. The molecule has 0 saturated carbocycles. The van der Waals surface area contributed by atoms with Crippen molar-refractivity contribution in [3.8, 4) is 0 Å². The van der Waals surface area contributed by atoms with Gasteiger partial charge < -0.3 is 14.2 Å². The van der Waals surface area contributed by atoms with Gasteiger partial charge in [0.15, 0.2) is 5.78 Å². The fraction of sp³-hybridized carbons (Fsp3) is 0.700. The Hall–Kier alpha value is -1.82. The van der Waals surface area contributed by atoms with Gasteiger partial charge in [0.05, 0.1) is 6.54 Å². The molecule has 6 nitrogen and oxygen atoms in total. The predicted octanol–water partition coefficient (Wildman–Crippen LogP) is 3.06. The molecule has 0 atom stereocenters. The third kappa shape index (κ3) is 4.11. The van der Waals surface area contributed by atoms with E-state index < -0.39 is 0 Å². The first-order valence-electron chi connectivity index (χ1n) is 9.64. The molecule has 6 heteroatoms. The van der Waals surface area contributed by atoms with Gasteiger partial charge in [0.1, 0.15) is 5.60 Å². The lowest BCUT2D eigenvalue weighted by molar-refractivity contribution is -0.00166. The smallest absolute Gasteiger partial charge is 0.410 e. The molecule has 0 unspecified atom stereocenters. The Morgan fingerprint density at radius 2 is 2.00 bits per heavy atom. The molecule has 0 radical (unpaired) electrons. The minimum atomic E-state index is -0.302. The van der Waals surface area contributed by atoms with Crippen LogP contribution in [0.1, 0.15) is 56.1 Å². The zero-order chi connectivity index (χ0) is 18.9. The van der Waals surface area contributed by atoms with Crippen molar-refractivity contribution in [2.24, 2.45) is 13.0 Å². The second kappa shape index (κ2) is 7.43. The molecule has 3 heterocycles. The lowest BCUT2D eigenvalue weighted by Crippen LogP contribution is -2.46. The van der Waals surface area contributed by atoms with Crippen LogP contribution in [0.4, 0.5) is 4.79 Å². The molecule has 2 saturated heterocycles. The highest BCUT2D eigenvalue weighted by molar-refractivity contribution is 5.94. The minimum absolute atomic E-state index is 0.101. The molecular weight excluding hydrogens is 330 g/mol. The Kier molecular flexibility index (Phi) is 5.42. The molecule has 26 heavy (non-hydrogen) atoms. The summed E-state index contributed by atoms with van der Waals surface area (Å²) in [6.07, 6.45) is 4.52. The number of nitrogens with zero attached hydrogens (tertiary/aromatic N) is 3. The van der Waals surface area contributed by atoms with Crippen molar-refractivity contribution in [3.05, 3.63) is 23.5 Å². The van der Waals surface area contributed by atoms with Crippen LogP contribution in [0.15, 0.2) is 12.3 Å². The Balaban J connectivity index is 1.54. The van der Waals surface area contributed by atoms with Crippen molar-refractivity contribution in [3.63, 3.8) is 0 Å². The van der Waals surface area contributed by atoms with Crippen molar-refractivity contribution in [1.29, 1.82) is 0 Å². The first-order valence-corrected chi connectivity index (χ1v) is 9.64. The van der Waals surface area contributed by atoms with Gasteiger partial charge in [-0.3, -0.25) is 9.69 Å². The lowest BCUT2D eigenvalue weighted by atomic mass is 9.91. The number of aryl methyl sites for hydroxylation is 1. The molecule has 144 valence electrons. The first-order chi connectivity index (χ1) is 12.3. The van der Waals surface area contributed by atoms with E-state index in [4.69, 9.17) is 4.74 Å². The fourth-order valence-corrected chi connectivity index (χ4v) is 3.85. The SMILES string of the molecule is CC(=O)c1cc(CN2CCC3(CC2)CN(CCC(C)C)C(=O)O3)n(C)c1. The molecular formula is C20H31N3O3. The van der Waals surface area contributed by atoms with Crippen molar-refractivity contribution in [2.75, 3.05) is 26.2 Å². The highest BCUT2D eigenvalue weighted by Crippen LogP contribution is 2.34. The summed E-state index contributed by atoms with van der Waals surface area (Å²) in [5.74, 6) is 0.690. The van der Waals surface area contributed by atoms with E-state index in [-0.39, 0.29) is 17.5 Å². The van der Waals surface area contributed by atoms with E-state index in [0.29, 0.717) is 5.92 Å². The Bertz CT molecular complexity index is 672. The summed E-state index contributed by atoms with van der Waals surface area (Å²) in [4.78, 5) is 28.0. The van der Waals surface area contributed by atoms with Gasteiger partial charge in [-0.2, -0.15) is 0 Å². The zero-order valence-corrected chi connectivity index (χ0v) is 16.5. The van der Waals surface area contributed by atoms with Gasteiger partial charge in [0.2, 0.25) is 0 Å². The topological polar surface area (TPSA) is 54.8 Å². The van der Waals surface area contributed by atoms with Crippen molar-refractivity contribution < 1.29 is 14.3 Å². The molecule has 0 aliphatic carbocycles. The van der Waals surface area contributed by atoms with Gasteiger partial charge in [-0.05, 0) is 25.3 Å². The first kappa shape index (κ1) is 19.0. The number of hydrogen-bond donors (Lipinski definition) is 0. The van der Waals surface area contributed by atoms with Crippen LogP contribution in [0.5, 0.6) is 0 Å². The van der Waals surface area contributed by atoms with Crippen molar-refractivity contribution >= 4 is 11.9 Å². The number of aromatic nitrogens is 1. The second-order valence-corrected chi connectivity index (χ2v) is 8.32. The number of carbonyl (C=O) groups excluding carboxylic acids is 2. The standard InChI is InChI=1S/C20H31N3O3/c1-15(2)5-8-23-14-20(26-19(23)25)6-9-22(10-7-20)13-18-11-17(16(3)24)12-21(18)4/h11-12,15H,5-10,13-14H2,1-4H3. The fourth-order valence-electron chi connectivity index (χ4n) is 3.85. The maximum Gasteiger partial charge on any atom is 0.410 e. The summed E-state index contributed by atoms with van der Waals surface area (Å²) < 4.78 is 7.84. The summed E-state index contributed by atoms with van der Waals surface area (Å²) >= 11 is 0. The van der Waals surface area contributed by atoms with Crippen LogP contribution in [0.2, 0.25) is 0 Å². The van der Waals surface area contributed by atoms with E-state index in [9.17, 15) is 9.59 Å². The Morgan fingerprint density at radius 3 is 2.58 bits per heavy atom. The van der Waals surface area contributed by atoms with E-state index in [1.54, 1.807) is 6.92 Å². The zero-order valence-electron chi connectivity index (χ0n) is 16.5. The molecule has 0 bridgehead atoms. The van der Waals surface area contributed by atoms with Crippen LogP contribution in [0.3, 0.4) is 0 Å². The maximum absolute atomic E-state index is 12.2. The molecule has 2 aliphatic heterocycles. The quantitative estimate of drug-likeness (QED) is 0.731. The summed E-state index contributed by atoms with van der Waals surface area (Å²) in [5.41, 5.74) is 1.61. The maximum atomic E-state index is 12.2. The predicted molar refractivity (Wildman–Crippen MR) is 100 cm³/mol.